The number of halogens is 1. The van der Waals surface area contributed by atoms with Crippen LogP contribution in [0.4, 0.5) is 10.1 Å². The van der Waals surface area contributed by atoms with E-state index >= 15 is 0 Å². The Hall–Kier alpha value is -3.05. The lowest BCUT2D eigenvalue weighted by atomic mass is 10.1. The summed E-state index contributed by atoms with van der Waals surface area (Å²) in [4.78, 5) is 13.6. The van der Waals surface area contributed by atoms with Crippen molar-refractivity contribution in [2.75, 3.05) is 11.1 Å². The highest BCUT2D eigenvalue weighted by molar-refractivity contribution is 7.99. The van der Waals surface area contributed by atoms with Crippen molar-refractivity contribution in [2.24, 2.45) is 7.05 Å². The molecule has 0 atom stereocenters. The maximum atomic E-state index is 14.5. The molecule has 4 aromatic rings. The normalized spacial score (nSPS) is 13.5. The highest BCUT2D eigenvalue weighted by Gasteiger charge is 2.18. The molecule has 8 nitrogen and oxygen atoms in total. The fourth-order valence-electron chi connectivity index (χ4n) is 3.84. The lowest BCUT2D eigenvalue weighted by Crippen LogP contribution is -2.15. The fraction of sp³-hybridized carbons (Fsp3) is 0.318. The zero-order chi connectivity index (χ0) is 22.8. The van der Waals surface area contributed by atoms with Crippen LogP contribution in [0.25, 0.3) is 22.1 Å². The summed E-state index contributed by atoms with van der Waals surface area (Å²) in [6, 6.07) is 8.58. The Morgan fingerprint density at radius 1 is 1.15 bits per heavy atom. The molecule has 3 aromatic heterocycles. The van der Waals surface area contributed by atoms with Crippen molar-refractivity contribution in [3.63, 3.8) is 0 Å². The van der Waals surface area contributed by atoms with Crippen LogP contribution in [0.1, 0.15) is 25.1 Å². The second-order valence-corrected chi connectivity index (χ2v) is 9.67. The predicted molar refractivity (Wildman–Crippen MR) is 127 cm³/mol. The Bertz CT molecular complexity index is 1280. The Kier molecular flexibility index (Phi) is 6.23. The number of aryl methyl sites for hydroxylation is 1. The van der Waals surface area contributed by atoms with Gasteiger partial charge in [0, 0.05) is 25.6 Å². The third-order valence-corrected chi connectivity index (χ3v) is 7.40. The quantitative estimate of drug-likeness (QED) is 0.409. The molecule has 0 saturated heterocycles. The molecule has 0 unspecified atom stereocenters. The van der Waals surface area contributed by atoms with Crippen molar-refractivity contribution in [1.82, 2.24) is 29.5 Å². The van der Waals surface area contributed by atoms with E-state index in [1.807, 2.05) is 29.1 Å². The molecule has 1 aliphatic rings. The number of rotatable bonds is 6. The first-order valence-electron chi connectivity index (χ1n) is 10.7. The van der Waals surface area contributed by atoms with Crippen molar-refractivity contribution in [3.05, 3.63) is 47.4 Å². The van der Waals surface area contributed by atoms with Crippen LogP contribution in [0.3, 0.4) is 0 Å². The minimum absolute atomic E-state index is 0.0837. The van der Waals surface area contributed by atoms with Crippen molar-refractivity contribution < 1.29 is 9.18 Å². The second kappa shape index (κ2) is 9.44. The van der Waals surface area contributed by atoms with E-state index in [1.165, 1.54) is 17.8 Å². The van der Waals surface area contributed by atoms with Gasteiger partial charge in [-0.25, -0.2) is 4.39 Å². The Labute approximate surface area is 198 Å². The number of aromatic nitrogens is 6. The van der Waals surface area contributed by atoms with E-state index in [0.717, 1.165) is 54.3 Å². The zero-order valence-corrected chi connectivity index (χ0v) is 19.6. The summed E-state index contributed by atoms with van der Waals surface area (Å²) in [5.74, 6) is 1.68. The SMILES string of the molecule is Cn1c(SCC(=O)Nc2cc(-c3nnc4n3CCCCC4)ccc2F)nnc1-c1cccs1. The third kappa shape index (κ3) is 4.55. The summed E-state index contributed by atoms with van der Waals surface area (Å²) in [7, 11) is 1.86. The molecular weight excluding hydrogens is 461 g/mol. The number of benzene rings is 1. The van der Waals surface area contributed by atoms with Gasteiger partial charge in [0.25, 0.3) is 0 Å². The molecule has 0 spiro atoms. The van der Waals surface area contributed by atoms with Crippen molar-refractivity contribution >= 4 is 34.7 Å². The molecule has 0 radical (unpaired) electrons. The van der Waals surface area contributed by atoms with E-state index in [9.17, 15) is 9.18 Å². The predicted octanol–water partition coefficient (Wildman–Crippen LogP) is 4.40. The summed E-state index contributed by atoms with van der Waals surface area (Å²) in [6.45, 7) is 0.846. The van der Waals surface area contributed by atoms with Gasteiger partial charge in [-0.1, -0.05) is 24.2 Å². The molecule has 5 rings (SSSR count). The van der Waals surface area contributed by atoms with Gasteiger partial charge in [-0.3, -0.25) is 4.79 Å². The van der Waals surface area contributed by atoms with Gasteiger partial charge in [0.2, 0.25) is 5.91 Å². The first-order valence-corrected chi connectivity index (χ1v) is 12.5. The van der Waals surface area contributed by atoms with Crippen LogP contribution >= 0.6 is 23.1 Å². The van der Waals surface area contributed by atoms with Crippen LogP contribution in [0.5, 0.6) is 0 Å². The van der Waals surface area contributed by atoms with Crippen molar-refractivity contribution in [3.8, 4) is 22.1 Å². The maximum Gasteiger partial charge on any atom is 0.234 e. The van der Waals surface area contributed by atoms with Crippen LogP contribution < -0.4 is 5.32 Å². The minimum atomic E-state index is -0.494. The Morgan fingerprint density at radius 3 is 2.88 bits per heavy atom. The van der Waals surface area contributed by atoms with Crippen LogP contribution in [0.15, 0.2) is 40.9 Å². The molecule has 170 valence electrons. The lowest BCUT2D eigenvalue weighted by Gasteiger charge is -2.10. The number of nitrogens with one attached hydrogen (secondary N) is 1. The summed E-state index contributed by atoms with van der Waals surface area (Å²) in [6.07, 6.45) is 4.22. The summed E-state index contributed by atoms with van der Waals surface area (Å²) in [5.41, 5.74) is 0.857. The standard InChI is InChI=1S/C22H22FN7OS2/c1-29-21(17-6-5-11-32-17)27-28-22(29)33-13-19(31)24-16-12-14(8-9-15(16)23)20-26-25-18-7-3-2-4-10-30(18)20/h5-6,8-9,11-12H,2-4,7,10,13H2,1H3,(H,24,31). The first-order chi connectivity index (χ1) is 16.1. The zero-order valence-electron chi connectivity index (χ0n) is 18.0. The van der Waals surface area contributed by atoms with Gasteiger partial charge in [-0.05, 0) is 42.5 Å². The van der Waals surface area contributed by atoms with Gasteiger partial charge < -0.3 is 14.5 Å². The third-order valence-electron chi connectivity index (χ3n) is 5.52. The number of nitrogens with zero attached hydrogens (tertiary/aromatic N) is 6. The summed E-state index contributed by atoms with van der Waals surface area (Å²) in [5, 5.41) is 22.3. The van der Waals surface area contributed by atoms with E-state index < -0.39 is 5.82 Å². The molecule has 33 heavy (non-hydrogen) atoms. The van der Waals surface area contributed by atoms with Gasteiger partial charge in [-0.2, -0.15) is 0 Å². The molecule has 1 aliphatic heterocycles. The number of thioether (sulfide) groups is 1. The van der Waals surface area contributed by atoms with Crippen molar-refractivity contribution in [2.45, 2.75) is 37.4 Å². The summed E-state index contributed by atoms with van der Waals surface area (Å²) >= 11 is 2.83. The monoisotopic (exact) mass is 483 g/mol. The molecular formula is C22H22FN7OS2. The molecule has 1 N–H and O–H groups in total. The van der Waals surface area contributed by atoms with Gasteiger partial charge in [0.05, 0.1) is 16.3 Å². The molecule has 1 aromatic carbocycles. The largest absolute Gasteiger partial charge is 0.323 e. The molecule has 11 heteroatoms. The molecule has 1 amide bonds. The van der Waals surface area contributed by atoms with E-state index in [2.05, 4.69) is 30.3 Å². The Balaban J connectivity index is 1.28. The molecule has 4 heterocycles. The number of fused-ring (bicyclic) bond motifs is 1. The fourth-order valence-corrected chi connectivity index (χ4v) is 5.29. The van der Waals surface area contributed by atoms with E-state index in [4.69, 9.17) is 0 Å². The topological polar surface area (TPSA) is 90.5 Å². The average molecular weight is 484 g/mol. The van der Waals surface area contributed by atoms with Gasteiger partial charge in [0.15, 0.2) is 16.8 Å². The second-order valence-electron chi connectivity index (χ2n) is 7.78. The van der Waals surface area contributed by atoms with Gasteiger partial charge >= 0.3 is 0 Å². The van der Waals surface area contributed by atoms with Crippen LogP contribution in [0.2, 0.25) is 0 Å². The maximum absolute atomic E-state index is 14.5. The van der Waals surface area contributed by atoms with Crippen LogP contribution in [-0.2, 0) is 24.8 Å². The number of carbonyl (C=O) groups excluding carboxylic acids is 1. The molecule has 0 aliphatic carbocycles. The number of anilines is 1. The average Bonchev–Trinajstić information content (AvgIpc) is 3.52. The van der Waals surface area contributed by atoms with Gasteiger partial charge in [-0.15, -0.1) is 31.7 Å². The smallest absolute Gasteiger partial charge is 0.234 e. The highest BCUT2D eigenvalue weighted by Crippen LogP contribution is 2.28. The number of amides is 1. The number of hydrogen-bond acceptors (Lipinski definition) is 7. The molecule has 0 fully saturated rings. The number of hydrogen-bond donors (Lipinski definition) is 1. The van der Waals surface area contributed by atoms with E-state index in [0.29, 0.717) is 11.0 Å². The van der Waals surface area contributed by atoms with E-state index in [-0.39, 0.29) is 17.3 Å². The minimum Gasteiger partial charge on any atom is -0.323 e. The molecule has 0 bridgehead atoms. The summed E-state index contributed by atoms with van der Waals surface area (Å²) < 4.78 is 18.4. The van der Waals surface area contributed by atoms with Crippen molar-refractivity contribution in [1.29, 1.82) is 0 Å². The van der Waals surface area contributed by atoms with Crippen LogP contribution in [-0.4, -0.2) is 41.2 Å². The Morgan fingerprint density at radius 2 is 2.03 bits per heavy atom. The van der Waals surface area contributed by atoms with Gasteiger partial charge in [0.1, 0.15) is 11.6 Å². The molecule has 0 saturated carbocycles. The number of carbonyl (C=O) groups is 1. The first kappa shape index (κ1) is 21.8. The highest BCUT2D eigenvalue weighted by atomic mass is 32.2. The van der Waals surface area contributed by atoms with E-state index in [1.54, 1.807) is 23.5 Å². The lowest BCUT2D eigenvalue weighted by molar-refractivity contribution is -0.113. The number of thiophene rings is 1. The van der Waals surface area contributed by atoms with Crippen LogP contribution in [0, 0.1) is 5.82 Å².